The number of hydrogen-bond acceptors (Lipinski definition) is 4. The van der Waals surface area contributed by atoms with Crippen LogP contribution in [0.15, 0.2) is 47.4 Å². The molecule has 1 heterocycles. The van der Waals surface area contributed by atoms with Crippen molar-refractivity contribution < 1.29 is 14.3 Å². The summed E-state index contributed by atoms with van der Waals surface area (Å²) in [5.74, 6) is 1.42. The molecule has 0 radical (unpaired) electrons. The summed E-state index contributed by atoms with van der Waals surface area (Å²) in [7, 11) is 3.22. The van der Waals surface area contributed by atoms with E-state index in [1.165, 1.54) is 10.5 Å². The highest BCUT2D eigenvalue weighted by atomic mass is 32.2. The SMILES string of the molecule is COc1ccc(C(C)NC(=O)C2Cc3ccccc3S2)cc1OC. The van der Waals surface area contributed by atoms with Gasteiger partial charge in [0, 0.05) is 4.90 Å². The van der Waals surface area contributed by atoms with E-state index in [0.29, 0.717) is 11.5 Å². The van der Waals surface area contributed by atoms with Gasteiger partial charge >= 0.3 is 0 Å². The van der Waals surface area contributed by atoms with Crippen LogP contribution in [0.1, 0.15) is 24.1 Å². The smallest absolute Gasteiger partial charge is 0.234 e. The minimum atomic E-state index is -0.0957. The second-order valence-corrected chi connectivity index (χ2v) is 7.01. The standard InChI is InChI=1S/C19H21NO3S/c1-12(13-8-9-15(22-2)16(10-13)23-3)20-19(21)18-11-14-6-4-5-7-17(14)24-18/h4-10,12,18H,11H2,1-3H3,(H,20,21). The molecule has 1 aliphatic rings. The minimum Gasteiger partial charge on any atom is -0.493 e. The number of carbonyl (C=O) groups is 1. The Labute approximate surface area is 146 Å². The molecule has 0 aromatic heterocycles. The maximum Gasteiger partial charge on any atom is 0.234 e. The van der Waals surface area contributed by atoms with Gasteiger partial charge in [0.1, 0.15) is 0 Å². The van der Waals surface area contributed by atoms with Crippen molar-refractivity contribution in [1.82, 2.24) is 5.32 Å². The highest BCUT2D eigenvalue weighted by molar-refractivity contribution is 8.01. The van der Waals surface area contributed by atoms with Crippen molar-refractivity contribution in [2.45, 2.75) is 29.5 Å². The van der Waals surface area contributed by atoms with Gasteiger partial charge in [-0.2, -0.15) is 0 Å². The van der Waals surface area contributed by atoms with Crippen LogP contribution in [0.5, 0.6) is 11.5 Å². The van der Waals surface area contributed by atoms with Gasteiger partial charge in [-0.05, 0) is 42.7 Å². The van der Waals surface area contributed by atoms with Crippen molar-refractivity contribution in [2.24, 2.45) is 0 Å². The lowest BCUT2D eigenvalue weighted by Gasteiger charge is -2.18. The molecular formula is C19H21NO3S. The first-order chi connectivity index (χ1) is 11.6. The zero-order chi connectivity index (χ0) is 17.1. The lowest BCUT2D eigenvalue weighted by molar-refractivity contribution is -0.121. The molecule has 2 aromatic rings. The molecule has 0 aliphatic carbocycles. The lowest BCUT2D eigenvalue weighted by atomic mass is 10.1. The fourth-order valence-corrected chi connectivity index (χ4v) is 4.04. The van der Waals surface area contributed by atoms with Crippen LogP contribution in [-0.4, -0.2) is 25.4 Å². The summed E-state index contributed by atoms with van der Waals surface area (Å²) < 4.78 is 10.6. The molecule has 1 aliphatic heterocycles. The van der Waals surface area contributed by atoms with Crippen molar-refractivity contribution in [1.29, 1.82) is 0 Å². The molecular weight excluding hydrogens is 322 g/mol. The normalized spacial score (nSPS) is 17.0. The van der Waals surface area contributed by atoms with Crippen LogP contribution in [0.3, 0.4) is 0 Å². The minimum absolute atomic E-state index is 0.0648. The maximum absolute atomic E-state index is 12.6. The van der Waals surface area contributed by atoms with Crippen molar-refractivity contribution in [2.75, 3.05) is 14.2 Å². The van der Waals surface area contributed by atoms with Crippen molar-refractivity contribution in [3.63, 3.8) is 0 Å². The molecule has 2 unspecified atom stereocenters. The van der Waals surface area contributed by atoms with Gasteiger partial charge in [0.2, 0.25) is 5.91 Å². The van der Waals surface area contributed by atoms with Crippen LogP contribution in [0.2, 0.25) is 0 Å². The van der Waals surface area contributed by atoms with Crippen LogP contribution >= 0.6 is 11.8 Å². The second kappa shape index (κ2) is 7.18. The summed E-state index contributed by atoms with van der Waals surface area (Å²) >= 11 is 1.64. The summed E-state index contributed by atoms with van der Waals surface area (Å²) in [6, 6.07) is 13.8. The fourth-order valence-electron chi connectivity index (χ4n) is 2.84. The fraction of sp³-hybridized carbons (Fsp3) is 0.316. The third-order valence-corrected chi connectivity index (χ3v) is 5.52. The number of amides is 1. The predicted octanol–water partition coefficient (Wildman–Crippen LogP) is 3.60. The summed E-state index contributed by atoms with van der Waals surface area (Å²) in [6.45, 7) is 1.98. The molecule has 0 fully saturated rings. The lowest BCUT2D eigenvalue weighted by Crippen LogP contribution is -2.34. The number of benzene rings is 2. The van der Waals surface area contributed by atoms with Crippen LogP contribution < -0.4 is 14.8 Å². The van der Waals surface area contributed by atoms with Gasteiger partial charge < -0.3 is 14.8 Å². The largest absolute Gasteiger partial charge is 0.493 e. The molecule has 126 valence electrons. The molecule has 4 nitrogen and oxygen atoms in total. The highest BCUT2D eigenvalue weighted by Gasteiger charge is 2.28. The van der Waals surface area contributed by atoms with Gasteiger partial charge in [0.25, 0.3) is 0 Å². The Balaban J connectivity index is 1.67. The molecule has 0 spiro atoms. The topological polar surface area (TPSA) is 47.6 Å². The maximum atomic E-state index is 12.6. The number of methoxy groups -OCH3 is 2. The van der Waals surface area contributed by atoms with Crippen LogP contribution in [0.4, 0.5) is 0 Å². The summed E-state index contributed by atoms with van der Waals surface area (Å²) in [5, 5.41) is 3.04. The number of rotatable bonds is 5. The molecule has 5 heteroatoms. The zero-order valence-corrected chi connectivity index (χ0v) is 14.9. The molecule has 3 rings (SSSR count). The van der Waals surface area contributed by atoms with Gasteiger partial charge in [0.15, 0.2) is 11.5 Å². The Morgan fingerprint density at radius 2 is 1.92 bits per heavy atom. The Bertz CT molecular complexity index is 722. The Morgan fingerprint density at radius 3 is 2.62 bits per heavy atom. The molecule has 1 N–H and O–H groups in total. The Hall–Kier alpha value is -2.14. The number of thioether (sulfide) groups is 1. The third kappa shape index (κ3) is 3.36. The number of carbonyl (C=O) groups excluding carboxylic acids is 1. The number of hydrogen-bond donors (Lipinski definition) is 1. The summed E-state index contributed by atoms with van der Waals surface area (Å²) in [6.07, 6.45) is 0.783. The van der Waals surface area contributed by atoms with Gasteiger partial charge in [-0.1, -0.05) is 24.3 Å². The monoisotopic (exact) mass is 343 g/mol. The van der Waals surface area contributed by atoms with Crippen LogP contribution in [0.25, 0.3) is 0 Å². The molecule has 0 bridgehead atoms. The van der Waals surface area contributed by atoms with E-state index in [9.17, 15) is 4.79 Å². The van der Waals surface area contributed by atoms with Gasteiger partial charge in [0.05, 0.1) is 25.5 Å². The number of nitrogens with one attached hydrogen (secondary N) is 1. The quantitative estimate of drug-likeness (QED) is 0.901. The first-order valence-electron chi connectivity index (χ1n) is 7.89. The van der Waals surface area contributed by atoms with Crippen molar-refractivity contribution in [3.05, 3.63) is 53.6 Å². The first kappa shape index (κ1) is 16.7. The first-order valence-corrected chi connectivity index (χ1v) is 8.77. The van der Waals surface area contributed by atoms with Crippen LogP contribution in [-0.2, 0) is 11.2 Å². The van der Waals surface area contributed by atoms with E-state index in [0.717, 1.165) is 12.0 Å². The highest BCUT2D eigenvalue weighted by Crippen LogP contribution is 2.37. The third-order valence-electron chi connectivity index (χ3n) is 4.21. The van der Waals surface area contributed by atoms with E-state index in [2.05, 4.69) is 17.4 Å². The average Bonchev–Trinajstić information content (AvgIpc) is 3.05. The molecule has 0 saturated heterocycles. The summed E-state index contributed by atoms with van der Waals surface area (Å²) in [5.41, 5.74) is 2.24. The Kier molecular flexibility index (Phi) is 5.00. The van der Waals surface area contributed by atoms with E-state index in [-0.39, 0.29) is 17.2 Å². The molecule has 1 amide bonds. The van der Waals surface area contributed by atoms with Crippen molar-refractivity contribution >= 4 is 17.7 Å². The second-order valence-electron chi connectivity index (χ2n) is 5.76. The zero-order valence-electron chi connectivity index (χ0n) is 14.0. The number of fused-ring (bicyclic) bond motifs is 1. The summed E-state index contributed by atoms with van der Waals surface area (Å²) in [4.78, 5) is 13.8. The predicted molar refractivity (Wildman–Crippen MR) is 95.9 cm³/mol. The average molecular weight is 343 g/mol. The van der Waals surface area contributed by atoms with Crippen molar-refractivity contribution in [3.8, 4) is 11.5 Å². The Morgan fingerprint density at radius 1 is 1.17 bits per heavy atom. The molecule has 2 atom stereocenters. The molecule has 2 aromatic carbocycles. The van der Waals surface area contributed by atoms with Crippen LogP contribution in [0, 0.1) is 0 Å². The molecule has 24 heavy (non-hydrogen) atoms. The van der Waals surface area contributed by atoms with Gasteiger partial charge in [-0.15, -0.1) is 11.8 Å². The molecule has 0 saturated carbocycles. The van der Waals surface area contributed by atoms with E-state index in [1.54, 1.807) is 26.0 Å². The van der Waals surface area contributed by atoms with E-state index in [1.807, 2.05) is 37.3 Å². The van der Waals surface area contributed by atoms with Gasteiger partial charge in [-0.25, -0.2) is 0 Å². The van der Waals surface area contributed by atoms with E-state index < -0.39 is 0 Å². The van der Waals surface area contributed by atoms with E-state index >= 15 is 0 Å². The number of ether oxygens (including phenoxy) is 2. The van der Waals surface area contributed by atoms with Gasteiger partial charge in [-0.3, -0.25) is 4.79 Å². The van der Waals surface area contributed by atoms with E-state index in [4.69, 9.17) is 9.47 Å².